The Bertz CT molecular complexity index is 849. The van der Waals surface area contributed by atoms with Gasteiger partial charge >= 0.3 is 0 Å². The summed E-state index contributed by atoms with van der Waals surface area (Å²) in [5.74, 6) is 0.403. The Balaban J connectivity index is 1.71. The van der Waals surface area contributed by atoms with Crippen molar-refractivity contribution < 1.29 is 20.1 Å². The highest BCUT2D eigenvalue weighted by Crippen LogP contribution is 2.33. The molecule has 0 amide bonds. The summed E-state index contributed by atoms with van der Waals surface area (Å²) in [4.78, 5) is 12.9. The number of imidazole rings is 1. The summed E-state index contributed by atoms with van der Waals surface area (Å²) < 4.78 is 7.09. The second-order valence-corrected chi connectivity index (χ2v) is 6.94. The van der Waals surface area contributed by atoms with E-state index in [1.807, 2.05) is 0 Å². The maximum Gasteiger partial charge on any atom is 0.226 e. The van der Waals surface area contributed by atoms with Crippen LogP contribution in [0.3, 0.4) is 0 Å². The summed E-state index contributed by atoms with van der Waals surface area (Å²) in [5, 5.41) is 32.8. The standard InChI is InChI=1S/C16H20ClN5O4/c17-16-20-13(19-8-3-1-2-4-8)12-14(21-16)22(7-18-12)15-10(25)5-9(24)11(6-23)26-15/h7-8,10,15,23-25H,1-6H2,(H,19,20,21)/t10-,15+/m0/s1. The van der Waals surface area contributed by atoms with E-state index in [1.165, 1.54) is 23.7 Å². The molecule has 4 N–H and O–H groups in total. The average Bonchev–Trinajstić information content (AvgIpc) is 3.25. The van der Waals surface area contributed by atoms with Crippen LogP contribution in [0.5, 0.6) is 0 Å². The molecule has 1 fully saturated rings. The first kappa shape index (κ1) is 17.3. The molecule has 2 aromatic rings. The van der Waals surface area contributed by atoms with E-state index in [9.17, 15) is 15.3 Å². The maximum atomic E-state index is 10.3. The van der Waals surface area contributed by atoms with Gasteiger partial charge in [0, 0.05) is 12.5 Å². The molecule has 2 aromatic heterocycles. The molecule has 26 heavy (non-hydrogen) atoms. The lowest BCUT2D eigenvalue weighted by Gasteiger charge is -2.30. The molecule has 140 valence electrons. The average molecular weight is 382 g/mol. The minimum Gasteiger partial charge on any atom is -0.509 e. The normalized spacial score (nSPS) is 24.3. The third kappa shape index (κ3) is 3.06. The number of fused-ring (bicyclic) bond motifs is 1. The molecule has 9 nitrogen and oxygen atoms in total. The van der Waals surface area contributed by atoms with E-state index >= 15 is 0 Å². The van der Waals surface area contributed by atoms with Gasteiger partial charge in [-0.1, -0.05) is 12.8 Å². The molecular formula is C16H20ClN5O4. The molecule has 2 atom stereocenters. The van der Waals surface area contributed by atoms with Crippen molar-refractivity contribution in [3.8, 4) is 0 Å². The number of hydrogen-bond donors (Lipinski definition) is 4. The molecule has 0 saturated heterocycles. The second-order valence-electron chi connectivity index (χ2n) is 6.60. The Hall–Kier alpha value is -2.10. The van der Waals surface area contributed by atoms with Gasteiger partial charge in [-0.3, -0.25) is 4.57 Å². The van der Waals surface area contributed by atoms with Gasteiger partial charge < -0.3 is 25.4 Å². The predicted molar refractivity (Wildman–Crippen MR) is 93.7 cm³/mol. The summed E-state index contributed by atoms with van der Waals surface area (Å²) in [6.45, 7) is -0.466. The molecule has 0 radical (unpaired) electrons. The first-order chi connectivity index (χ1) is 12.6. The maximum absolute atomic E-state index is 10.3. The highest BCUT2D eigenvalue weighted by Gasteiger charge is 2.33. The zero-order chi connectivity index (χ0) is 18.3. The third-order valence-electron chi connectivity index (χ3n) is 4.82. The van der Waals surface area contributed by atoms with E-state index in [0.717, 1.165) is 12.8 Å². The summed E-state index contributed by atoms with van der Waals surface area (Å²) in [7, 11) is 0. The van der Waals surface area contributed by atoms with Crippen LogP contribution in [0.15, 0.2) is 17.8 Å². The topological polar surface area (TPSA) is 126 Å². The van der Waals surface area contributed by atoms with Crippen LogP contribution in [0, 0.1) is 0 Å². The number of aromatic nitrogens is 4. The van der Waals surface area contributed by atoms with E-state index in [1.54, 1.807) is 0 Å². The summed E-state index contributed by atoms with van der Waals surface area (Å²) in [5.41, 5.74) is 0.939. The SMILES string of the molecule is OCC1=C(O)C[C@H](O)[C@H](n2cnc3c(NC4CCCC4)nc(Cl)nc32)O1. The minimum absolute atomic E-state index is 0.0200. The van der Waals surface area contributed by atoms with Crippen LogP contribution in [0.25, 0.3) is 11.2 Å². The number of ether oxygens (including phenoxy) is 1. The van der Waals surface area contributed by atoms with Crippen LogP contribution < -0.4 is 5.32 Å². The number of nitrogens with zero attached hydrogens (tertiary/aromatic N) is 4. The lowest BCUT2D eigenvalue weighted by Crippen LogP contribution is -2.32. The Morgan fingerprint density at radius 2 is 2.08 bits per heavy atom. The number of anilines is 1. The number of rotatable bonds is 4. The predicted octanol–water partition coefficient (Wildman–Crippen LogP) is 1.88. The highest BCUT2D eigenvalue weighted by molar-refractivity contribution is 6.28. The van der Waals surface area contributed by atoms with Crippen molar-refractivity contribution >= 4 is 28.6 Å². The fourth-order valence-electron chi connectivity index (χ4n) is 3.52. The van der Waals surface area contributed by atoms with Gasteiger partial charge in [0.25, 0.3) is 0 Å². The van der Waals surface area contributed by atoms with Crippen molar-refractivity contribution in [3.05, 3.63) is 23.1 Å². The number of aliphatic hydroxyl groups is 3. The Kier molecular flexibility index (Phi) is 4.60. The van der Waals surface area contributed by atoms with Crippen LogP contribution in [0.1, 0.15) is 38.3 Å². The van der Waals surface area contributed by atoms with E-state index in [2.05, 4.69) is 20.3 Å². The Morgan fingerprint density at radius 1 is 1.31 bits per heavy atom. The van der Waals surface area contributed by atoms with Gasteiger partial charge in [0.1, 0.15) is 24.8 Å². The largest absolute Gasteiger partial charge is 0.509 e. The molecule has 10 heteroatoms. The van der Waals surface area contributed by atoms with Crippen LogP contribution in [0.4, 0.5) is 5.82 Å². The fourth-order valence-corrected chi connectivity index (χ4v) is 3.68. The van der Waals surface area contributed by atoms with Gasteiger partial charge in [0.15, 0.2) is 22.7 Å². The van der Waals surface area contributed by atoms with Gasteiger partial charge in [-0.25, -0.2) is 4.98 Å². The first-order valence-electron chi connectivity index (χ1n) is 8.60. The molecule has 0 aromatic carbocycles. The third-order valence-corrected chi connectivity index (χ3v) is 4.99. The summed E-state index contributed by atoms with van der Waals surface area (Å²) in [6, 6.07) is 0.326. The van der Waals surface area contributed by atoms with Crippen LogP contribution >= 0.6 is 11.6 Å². The van der Waals surface area contributed by atoms with Crippen molar-refractivity contribution in [1.82, 2.24) is 19.5 Å². The molecular weight excluding hydrogens is 362 g/mol. The zero-order valence-electron chi connectivity index (χ0n) is 14.0. The molecule has 0 unspecified atom stereocenters. The van der Waals surface area contributed by atoms with E-state index < -0.39 is 18.9 Å². The van der Waals surface area contributed by atoms with Gasteiger partial charge in [-0.15, -0.1) is 0 Å². The molecule has 2 aliphatic rings. The van der Waals surface area contributed by atoms with Crippen molar-refractivity contribution in [2.24, 2.45) is 0 Å². The quantitative estimate of drug-likeness (QED) is 0.591. The van der Waals surface area contributed by atoms with Gasteiger partial charge in [-0.2, -0.15) is 9.97 Å². The molecule has 0 bridgehead atoms. The lowest BCUT2D eigenvalue weighted by molar-refractivity contribution is -0.0810. The van der Waals surface area contributed by atoms with Crippen molar-refractivity contribution in [2.75, 3.05) is 11.9 Å². The van der Waals surface area contributed by atoms with Crippen molar-refractivity contribution in [3.63, 3.8) is 0 Å². The first-order valence-corrected chi connectivity index (χ1v) is 8.97. The number of nitrogens with one attached hydrogen (secondary N) is 1. The monoisotopic (exact) mass is 381 g/mol. The fraction of sp³-hybridized carbons (Fsp3) is 0.562. The summed E-state index contributed by atoms with van der Waals surface area (Å²) in [6.07, 6.45) is 4.03. The van der Waals surface area contributed by atoms with E-state index in [4.69, 9.17) is 16.3 Å². The Morgan fingerprint density at radius 3 is 2.81 bits per heavy atom. The second kappa shape index (κ2) is 6.90. The van der Waals surface area contributed by atoms with Crippen molar-refractivity contribution in [1.29, 1.82) is 0 Å². The minimum atomic E-state index is -1.03. The lowest BCUT2D eigenvalue weighted by atomic mass is 10.1. The highest BCUT2D eigenvalue weighted by atomic mass is 35.5. The van der Waals surface area contributed by atoms with Gasteiger partial charge in [0.2, 0.25) is 11.5 Å². The van der Waals surface area contributed by atoms with Crippen molar-refractivity contribution in [2.45, 2.75) is 50.5 Å². The number of aliphatic hydroxyl groups excluding tert-OH is 3. The number of halogens is 1. The molecule has 1 saturated carbocycles. The zero-order valence-corrected chi connectivity index (χ0v) is 14.7. The molecule has 0 spiro atoms. The van der Waals surface area contributed by atoms with Gasteiger partial charge in [0.05, 0.1) is 0 Å². The van der Waals surface area contributed by atoms with E-state index in [0.29, 0.717) is 23.0 Å². The van der Waals surface area contributed by atoms with E-state index in [-0.39, 0.29) is 23.2 Å². The number of hydrogen-bond acceptors (Lipinski definition) is 8. The smallest absolute Gasteiger partial charge is 0.226 e. The molecule has 1 aliphatic carbocycles. The molecule has 4 rings (SSSR count). The molecule has 3 heterocycles. The van der Waals surface area contributed by atoms with Crippen LogP contribution in [0.2, 0.25) is 5.28 Å². The van der Waals surface area contributed by atoms with Gasteiger partial charge in [-0.05, 0) is 24.4 Å². The van der Waals surface area contributed by atoms with Crippen LogP contribution in [-0.4, -0.2) is 53.6 Å². The Labute approximate surface area is 154 Å². The van der Waals surface area contributed by atoms with Crippen LogP contribution in [-0.2, 0) is 4.74 Å². The molecule has 1 aliphatic heterocycles. The summed E-state index contributed by atoms with van der Waals surface area (Å²) >= 11 is 6.10.